The molecule has 2 atom stereocenters. The van der Waals surface area contributed by atoms with Crippen molar-refractivity contribution in [2.24, 2.45) is 0 Å². The maximum Gasteiger partial charge on any atom is 0.103 e. The van der Waals surface area contributed by atoms with Crippen LogP contribution in [-0.2, 0) is 0 Å². The molecule has 0 aliphatic rings. The molecule has 11 heavy (non-hydrogen) atoms. The number of rotatable bonds is 6. The van der Waals surface area contributed by atoms with Crippen LogP contribution in [0.1, 0.15) is 46.0 Å². The van der Waals surface area contributed by atoms with Crippen molar-refractivity contribution in [2.75, 3.05) is 0 Å². The number of hydrogen-bond donors (Lipinski definition) is 0. The van der Waals surface area contributed by atoms with Gasteiger partial charge in [-0.2, -0.15) is 0 Å². The predicted molar refractivity (Wildman–Crippen MR) is 44.2 cm³/mol. The van der Waals surface area contributed by atoms with Gasteiger partial charge in [0, 0.05) is 6.42 Å². The average Bonchev–Trinajstić information content (AvgIpc) is 1.87. The molecule has 0 spiro atoms. The topological polar surface area (TPSA) is 0 Å². The van der Waals surface area contributed by atoms with Crippen LogP contribution < -0.4 is 0 Å². The van der Waals surface area contributed by atoms with Crippen LogP contribution in [0.2, 0.25) is 0 Å². The highest BCUT2D eigenvalue weighted by Crippen LogP contribution is 2.14. The quantitative estimate of drug-likeness (QED) is 0.562. The highest BCUT2D eigenvalue weighted by Gasteiger charge is 2.12. The molecule has 0 bridgehead atoms. The Kier molecular flexibility index (Phi) is 6.48. The van der Waals surface area contributed by atoms with Crippen molar-refractivity contribution in [1.82, 2.24) is 0 Å². The molecule has 68 valence electrons. The minimum Gasteiger partial charge on any atom is -0.247 e. The minimum absolute atomic E-state index is 0.0989. The fourth-order valence-electron chi connectivity index (χ4n) is 1.14. The first-order valence-electron chi connectivity index (χ1n) is 4.48. The van der Waals surface area contributed by atoms with Gasteiger partial charge < -0.3 is 0 Å². The predicted octanol–water partition coefficient (Wildman–Crippen LogP) is 3.65. The number of alkyl halides is 2. The van der Waals surface area contributed by atoms with Crippen LogP contribution in [-0.4, -0.2) is 12.3 Å². The molecular weight excluding hydrogens is 146 g/mol. The molecule has 0 nitrogen and oxygen atoms in total. The van der Waals surface area contributed by atoms with Crippen LogP contribution in [0.3, 0.4) is 0 Å². The number of hydrogen-bond acceptors (Lipinski definition) is 0. The first kappa shape index (κ1) is 10.9. The van der Waals surface area contributed by atoms with E-state index in [9.17, 15) is 8.78 Å². The summed E-state index contributed by atoms with van der Waals surface area (Å²) >= 11 is 0. The van der Waals surface area contributed by atoms with E-state index < -0.39 is 12.3 Å². The van der Waals surface area contributed by atoms with Crippen molar-refractivity contribution in [1.29, 1.82) is 0 Å². The van der Waals surface area contributed by atoms with E-state index in [1.54, 1.807) is 0 Å². The Hall–Kier alpha value is -0.140. The third kappa shape index (κ3) is 6.27. The normalized spacial score (nSPS) is 16.4. The molecule has 0 fully saturated rings. The highest BCUT2D eigenvalue weighted by atomic mass is 19.1. The molecule has 0 rings (SSSR count). The van der Waals surface area contributed by atoms with Gasteiger partial charge in [-0.1, -0.05) is 26.7 Å². The lowest BCUT2D eigenvalue weighted by Crippen LogP contribution is -2.09. The summed E-state index contributed by atoms with van der Waals surface area (Å²) in [6.07, 6.45) is 0.860. The SMILES string of the molecule is CCCC(F)CC(F)CCC. The molecule has 0 aromatic heterocycles. The van der Waals surface area contributed by atoms with Gasteiger partial charge in [0.25, 0.3) is 0 Å². The zero-order valence-electron chi connectivity index (χ0n) is 7.45. The van der Waals surface area contributed by atoms with Crippen molar-refractivity contribution >= 4 is 0 Å². The molecular formula is C9H18F2. The van der Waals surface area contributed by atoms with Crippen molar-refractivity contribution in [3.8, 4) is 0 Å². The van der Waals surface area contributed by atoms with Gasteiger partial charge in [-0.15, -0.1) is 0 Å². The Morgan fingerprint density at radius 2 is 1.27 bits per heavy atom. The summed E-state index contributed by atoms with van der Waals surface area (Å²) in [5, 5.41) is 0. The van der Waals surface area contributed by atoms with Crippen molar-refractivity contribution in [3.63, 3.8) is 0 Å². The second-order valence-corrected chi connectivity index (χ2v) is 3.01. The lowest BCUT2D eigenvalue weighted by molar-refractivity contribution is 0.200. The van der Waals surface area contributed by atoms with E-state index in [1.807, 2.05) is 13.8 Å². The summed E-state index contributed by atoms with van der Waals surface area (Å²) in [5.74, 6) is 0. The Morgan fingerprint density at radius 3 is 1.55 bits per heavy atom. The molecule has 0 amide bonds. The molecule has 0 aromatic rings. The second kappa shape index (κ2) is 6.56. The average molecular weight is 164 g/mol. The van der Waals surface area contributed by atoms with Gasteiger partial charge in [-0.05, 0) is 12.8 Å². The van der Waals surface area contributed by atoms with Crippen molar-refractivity contribution in [2.45, 2.75) is 58.3 Å². The molecule has 0 radical (unpaired) electrons. The van der Waals surface area contributed by atoms with E-state index in [4.69, 9.17) is 0 Å². The van der Waals surface area contributed by atoms with Crippen LogP contribution in [0.25, 0.3) is 0 Å². The smallest absolute Gasteiger partial charge is 0.103 e. The van der Waals surface area contributed by atoms with Gasteiger partial charge in [0.15, 0.2) is 0 Å². The Morgan fingerprint density at radius 1 is 0.909 bits per heavy atom. The van der Waals surface area contributed by atoms with E-state index in [1.165, 1.54) is 0 Å². The molecule has 0 saturated carbocycles. The third-order valence-corrected chi connectivity index (χ3v) is 1.72. The van der Waals surface area contributed by atoms with E-state index >= 15 is 0 Å². The number of halogens is 2. The van der Waals surface area contributed by atoms with Crippen LogP contribution in [0.5, 0.6) is 0 Å². The highest BCUT2D eigenvalue weighted by molar-refractivity contribution is 4.63. The fraction of sp³-hybridized carbons (Fsp3) is 1.00. The Labute approximate surface area is 68.0 Å². The fourth-order valence-corrected chi connectivity index (χ4v) is 1.14. The van der Waals surface area contributed by atoms with Gasteiger partial charge in [-0.25, -0.2) is 8.78 Å². The lowest BCUT2D eigenvalue weighted by atomic mass is 10.1. The van der Waals surface area contributed by atoms with E-state index in [-0.39, 0.29) is 6.42 Å². The van der Waals surface area contributed by atoms with Crippen LogP contribution in [0.4, 0.5) is 8.78 Å². The van der Waals surface area contributed by atoms with Gasteiger partial charge in [0.1, 0.15) is 12.3 Å². The maximum atomic E-state index is 12.7. The van der Waals surface area contributed by atoms with Crippen molar-refractivity contribution in [3.05, 3.63) is 0 Å². The maximum absolute atomic E-state index is 12.7. The molecule has 0 heterocycles. The first-order valence-corrected chi connectivity index (χ1v) is 4.48. The van der Waals surface area contributed by atoms with Gasteiger partial charge in [0.05, 0.1) is 0 Å². The zero-order chi connectivity index (χ0) is 8.69. The second-order valence-electron chi connectivity index (χ2n) is 3.01. The summed E-state index contributed by atoms with van der Waals surface area (Å²) in [6.45, 7) is 3.83. The monoisotopic (exact) mass is 164 g/mol. The summed E-state index contributed by atoms with van der Waals surface area (Å²) in [7, 11) is 0. The largest absolute Gasteiger partial charge is 0.247 e. The molecule has 0 aliphatic carbocycles. The van der Waals surface area contributed by atoms with Gasteiger partial charge in [0.2, 0.25) is 0 Å². The summed E-state index contributed by atoms with van der Waals surface area (Å²) < 4.78 is 25.5. The van der Waals surface area contributed by atoms with Crippen LogP contribution in [0, 0.1) is 0 Å². The standard InChI is InChI=1S/C9H18F2/c1-3-5-8(10)7-9(11)6-4-2/h8-9H,3-7H2,1-2H3. The molecule has 2 heteroatoms. The van der Waals surface area contributed by atoms with E-state index in [0.29, 0.717) is 12.8 Å². The minimum atomic E-state index is -0.929. The first-order chi connectivity index (χ1) is 5.20. The van der Waals surface area contributed by atoms with Crippen molar-refractivity contribution < 1.29 is 8.78 Å². The molecule has 0 N–H and O–H groups in total. The summed E-state index contributed by atoms with van der Waals surface area (Å²) in [5.41, 5.74) is 0. The summed E-state index contributed by atoms with van der Waals surface area (Å²) in [4.78, 5) is 0. The zero-order valence-corrected chi connectivity index (χ0v) is 7.45. The molecule has 2 unspecified atom stereocenters. The van der Waals surface area contributed by atoms with Crippen LogP contribution >= 0.6 is 0 Å². The lowest BCUT2D eigenvalue weighted by Gasteiger charge is -2.09. The van der Waals surface area contributed by atoms with Crippen LogP contribution in [0.15, 0.2) is 0 Å². The Bertz CT molecular complexity index is 73.6. The van der Waals surface area contributed by atoms with Gasteiger partial charge >= 0.3 is 0 Å². The molecule has 0 saturated heterocycles. The summed E-state index contributed by atoms with van der Waals surface area (Å²) in [6, 6.07) is 0. The van der Waals surface area contributed by atoms with E-state index in [2.05, 4.69) is 0 Å². The third-order valence-electron chi connectivity index (χ3n) is 1.72. The Balaban J connectivity index is 3.32. The van der Waals surface area contributed by atoms with Gasteiger partial charge in [-0.3, -0.25) is 0 Å². The molecule has 0 aliphatic heterocycles. The van der Waals surface area contributed by atoms with E-state index in [0.717, 1.165) is 12.8 Å². The molecule has 0 aromatic carbocycles.